The molecule has 0 aliphatic carbocycles. The van der Waals surface area contributed by atoms with Crippen LogP contribution in [0.25, 0.3) is 0 Å². The minimum Gasteiger partial charge on any atom is -0.368 e. The molecule has 1 unspecified atom stereocenters. The Bertz CT molecular complexity index is 2270. The van der Waals surface area contributed by atoms with Gasteiger partial charge in [-0.3, -0.25) is 43.7 Å². The van der Waals surface area contributed by atoms with Crippen LogP contribution in [0.5, 0.6) is 0 Å². The van der Waals surface area contributed by atoms with Crippen molar-refractivity contribution in [3.05, 3.63) is 107 Å². The highest BCUT2D eigenvalue weighted by Crippen LogP contribution is 2.21. The Morgan fingerprint density at radius 1 is 0.667 bits per heavy atom. The lowest BCUT2D eigenvalue weighted by atomic mass is 10.00. The third kappa shape index (κ3) is 16.2. The molecule has 7 atom stereocenters. The SMILES string of the molecule is CC(C)CC[C@H](NC(=O)C1CCCN1C(=O)[C@H](CCCN)NC(=O)[C@H](Cc1ccccc1)NC(=O)[C@@H]1CC(=O)NC(=O)N1)C(=O)N[C@@H](Cc1ccc(F)cc1)C(=O)N[C@H](Cc1ccccc1)C(N)=O. The molecule has 0 aromatic heterocycles. The number of urea groups is 1. The van der Waals surface area contributed by atoms with Gasteiger partial charge in [0.1, 0.15) is 48.1 Å². The second-order valence-electron chi connectivity index (χ2n) is 17.8. The predicted molar refractivity (Wildman–Crippen MR) is 251 cm³/mol. The molecular formula is C49H63FN10O9. The summed E-state index contributed by atoms with van der Waals surface area (Å²) in [6.45, 7) is 4.19. The number of nitrogens with two attached hydrogens (primary N) is 2. The Morgan fingerprint density at radius 3 is 1.75 bits per heavy atom. The third-order valence-corrected chi connectivity index (χ3v) is 11.9. The van der Waals surface area contributed by atoms with Crippen LogP contribution in [-0.4, -0.2) is 114 Å². The Balaban J connectivity index is 1.33. The van der Waals surface area contributed by atoms with Gasteiger partial charge in [0, 0.05) is 25.8 Å². The molecule has 0 spiro atoms. The van der Waals surface area contributed by atoms with Gasteiger partial charge in [0.2, 0.25) is 47.3 Å². The Labute approximate surface area is 400 Å². The molecule has 10 amide bonds. The van der Waals surface area contributed by atoms with Crippen LogP contribution in [0.2, 0.25) is 0 Å². The molecule has 3 aromatic carbocycles. The molecule has 0 saturated carbocycles. The summed E-state index contributed by atoms with van der Waals surface area (Å²) >= 11 is 0. The number of rotatable bonds is 24. The van der Waals surface area contributed by atoms with Gasteiger partial charge in [-0.2, -0.15) is 0 Å². The fourth-order valence-corrected chi connectivity index (χ4v) is 8.17. The molecule has 3 aromatic rings. The molecule has 5 rings (SSSR count). The smallest absolute Gasteiger partial charge is 0.322 e. The van der Waals surface area contributed by atoms with Crippen molar-refractivity contribution < 1.29 is 47.5 Å². The van der Waals surface area contributed by atoms with E-state index in [0.29, 0.717) is 30.4 Å². The molecule has 2 fully saturated rings. The van der Waals surface area contributed by atoms with E-state index >= 15 is 0 Å². The first kappa shape index (κ1) is 52.7. The first-order chi connectivity index (χ1) is 33.0. The van der Waals surface area contributed by atoms with E-state index < -0.39 is 101 Å². The minimum atomic E-state index is -1.30. The van der Waals surface area contributed by atoms with Crippen molar-refractivity contribution in [2.24, 2.45) is 17.4 Å². The van der Waals surface area contributed by atoms with Crippen molar-refractivity contribution in [3.8, 4) is 0 Å². The van der Waals surface area contributed by atoms with Crippen LogP contribution >= 0.6 is 0 Å². The van der Waals surface area contributed by atoms with Crippen molar-refractivity contribution in [2.45, 2.75) is 120 Å². The van der Waals surface area contributed by atoms with Crippen LogP contribution in [0.3, 0.4) is 0 Å². The highest BCUT2D eigenvalue weighted by Gasteiger charge is 2.40. The fraction of sp³-hybridized carbons (Fsp3) is 0.449. The zero-order valence-electron chi connectivity index (χ0n) is 38.8. The number of primary amides is 1. The van der Waals surface area contributed by atoms with E-state index in [2.05, 4.69) is 37.2 Å². The highest BCUT2D eigenvalue weighted by atomic mass is 19.1. The van der Waals surface area contributed by atoms with E-state index in [4.69, 9.17) is 11.5 Å². The van der Waals surface area contributed by atoms with Crippen LogP contribution in [0.1, 0.15) is 75.5 Å². The second-order valence-corrected chi connectivity index (χ2v) is 17.8. The van der Waals surface area contributed by atoms with Gasteiger partial charge in [-0.15, -0.1) is 0 Å². The van der Waals surface area contributed by atoms with Gasteiger partial charge in [-0.1, -0.05) is 86.6 Å². The van der Waals surface area contributed by atoms with Crippen LogP contribution in [-0.2, 0) is 57.6 Å². The zero-order chi connectivity index (χ0) is 50.0. The van der Waals surface area contributed by atoms with Gasteiger partial charge in [0.15, 0.2) is 0 Å². The molecule has 0 radical (unpaired) electrons. The van der Waals surface area contributed by atoms with Crippen molar-refractivity contribution in [2.75, 3.05) is 13.1 Å². The summed E-state index contributed by atoms with van der Waals surface area (Å²) < 4.78 is 13.9. The Hall–Kier alpha value is -7.22. The van der Waals surface area contributed by atoms with Gasteiger partial charge in [-0.05, 0) is 79.8 Å². The fourth-order valence-electron chi connectivity index (χ4n) is 8.17. The maximum atomic E-state index is 14.5. The normalized spacial score (nSPS) is 17.8. The largest absolute Gasteiger partial charge is 0.368 e. The van der Waals surface area contributed by atoms with E-state index in [1.807, 2.05) is 13.8 Å². The molecule has 11 N–H and O–H groups in total. The van der Waals surface area contributed by atoms with Crippen molar-refractivity contribution in [3.63, 3.8) is 0 Å². The maximum absolute atomic E-state index is 14.5. The topological polar surface area (TPSA) is 293 Å². The lowest BCUT2D eigenvalue weighted by Gasteiger charge is -2.31. The molecule has 20 heteroatoms. The maximum Gasteiger partial charge on any atom is 0.322 e. The molecule has 2 heterocycles. The third-order valence-electron chi connectivity index (χ3n) is 11.9. The number of carbonyl (C=O) groups is 9. The number of nitrogens with zero attached hydrogens (tertiary/aromatic N) is 1. The van der Waals surface area contributed by atoms with Crippen molar-refractivity contribution in [1.29, 1.82) is 0 Å². The second kappa shape index (κ2) is 25.8. The number of benzene rings is 3. The molecule has 370 valence electrons. The summed E-state index contributed by atoms with van der Waals surface area (Å²) in [6, 6.07) is 13.8. The number of carbonyl (C=O) groups excluding carboxylic acids is 9. The van der Waals surface area contributed by atoms with Crippen molar-refractivity contribution in [1.82, 2.24) is 42.1 Å². The van der Waals surface area contributed by atoms with Gasteiger partial charge >= 0.3 is 6.03 Å². The van der Waals surface area contributed by atoms with Crippen LogP contribution in [0.15, 0.2) is 84.9 Å². The Kier molecular flexibility index (Phi) is 19.7. The van der Waals surface area contributed by atoms with Gasteiger partial charge in [-0.25, -0.2) is 9.18 Å². The molecule has 0 bridgehead atoms. The highest BCUT2D eigenvalue weighted by molar-refractivity contribution is 6.03. The van der Waals surface area contributed by atoms with Crippen LogP contribution in [0.4, 0.5) is 9.18 Å². The number of hydrogen-bond acceptors (Lipinski definition) is 10. The van der Waals surface area contributed by atoms with Crippen molar-refractivity contribution >= 4 is 53.3 Å². The number of amides is 10. The molecule has 19 nitrogen and oxygen atoms in total. The molecular weight excluding hydrogens is 892 g/mol. The van der Waals surface area contributed by atoms with E-state index in [-0.39, 0.29) is 64.0 Å². The van der Waals surface area contributed by atoms with Gasteiger partial charge in [0.05, 0.1) is 6.42 Å². The van der Waals surface area contributed by atoms with E-state index in [0.717, 1.165) is 5.56 Å². The first-order valence-electron chi connectivity index (χ1n) is 23.3. The van der Waals surface area contributed by atoms with E-state index in [1.165, 1.54) is 29.2 Å². The average Bonchev–Trinajstić information content (AvgIpc) is 3.82. The van der Waals surface area contributed by atoms with Crippen LogP contribution in [0, 0.1) is 11.7 Å². The lowest BCUT2D eigenvalue weighted by molar-refractivity contribution is -0.142. The van der Waals surface area contributed by atoms with Gasteiger partial charge < -0.3 is 48.3 Å². The summed E-state index contributed by atoms with van der Waals surface area (Å²) in [7, 11) is 0. The predicted octanol–water partition coefficient (Wildman–Crippen LogP) is 0.527. The number of imide groups is 1. The Morgan fingerprint density at radius 2 is 1.19 bits per heavy atom. The van der Waals surface area contributed by atoms with E-state index in [1.54, 1.807) is 60.7 Å². The number of halogens is 1. The van der Waals surface area contributed by atoms with E-state index in [9.17, 15) is 47.5 Å². The summed E-state index contributed by atoms with van der Waals surface area (Å²) in [5, 5.41) is 18.0. The van der Waals surface area contributed by atoms with Gasteiger partial charge in [0.25, 0.3) is 0 Å². The minimum absolute atomic E-state index is 0.0104. The lowest BCUT2D eigenvalue weighted by Crippen LogP contribution is -2.61. The zero-order valence-corrected chi connectivity index (χ0v) is 38.8. The average molecular weight is 955 g/mol. The standard InChI is InChI=1S/C49H63FN10O9/c1-29(2)17-22-34(43(63)56-38(27-32-18-20-33(50)21-19-32)45(65)55-36(42(52)62)25-30-11-5-3-6-12-30)53-47(67)40-16-10-24-60(40)48(68)35(15-9-23-51)54-44(64)37(26-31-13-7-4-8-14-31)57-46(66)39-28-41(61)59-49(69)58-39/h3-8,11-14,18-21,29,34-40H,9-10,15-17,22-28,51H2,1-2H3,(H2,52,62)(H,53,67)(H,54,64)(H,55,65)(H,56,63)(H,57,66)(H2,58,59,61,69)/t34-,35-,36+,37-,38-,39-,40?/m0/s1. The summed E-state index contributed by atoms with van der Waals surface area (Å²) in [6.07, 6.45) is 1.26. The summed E-state index contributed by atoms with van der Waals surface area (Å²) in [5.74, 6) is -6.09. The molecule has 69 heavy (non-hydrogen) atoms. The number of nitrogens with one attached hydrogen (secondary N) is 7. The molecule has 2 aliphatic rings. The molecule has 2 saturated heterocycles. The summed E-state index contributed by atoms with van der Waals surface area (Å²) in [4.78, 5) is 122. The number of likely N-dealkylation sites (tertiary alicyclic amines) is 1. The number of hydrogen-bond donors (Lipinski definition) is 9. The monoisotopic (exact) mass is 954 g/mol. The summed E-state index contributed by atoms with van der Waals surface area (Å²) in [5.41, 5.74) is 13.4. The molecule has 2 aliphatic heterocycles. The quantitative estimate of drug-likeness (QED) is 0.0600. The van der Waals surface area contributed by atoms with Crippen LogP contribution < -0.4 is 48.7 Å². The first-order valence-corrected chi connectivity index (χ1v) is 23.3.